The van der Waals surface area contributed by atoms with Crippen molar-refractivity contribution < 1.29 is 9.66 Å². The zero-order valence-electron chi connectivity index (χ0n) is 10.6. The van der Waals surface area contributed by atoms with Crippen LogP contribution >= 0.6 is 11.8 Å². The third-order valence-corrected chi connectivity index (χ3v) is 3.63. The van der Waals surface area contributed by atoms with Crippen molar-refractivity contribution in [1.82, 2.24) is 0 Å². The van der Waals surface area contributed by atoms with Gasteiger partial charge in [0.2, 0.25) is 0 Å². The number of benzene rings is 2. The van der Waals surface area contributed by atoms with Crippen molar-refractivity contribution in [1.29, 1.82) is 5.26 Å². The molecule has 0 atom stereocenters. The Morgan fingerprint density at radius 2 is 1.95 bits per heavy atom. The first-order valence-electron chi connectivity index (χ1n) is 5.64. The number of hydrogen-bond donors (Lipinski definition) is 0. The van der Waals surface area contributed by atoms with Gasteiger partial charge in [-0.2, -0.15) is 5.26 Å². The molecule has 0 bridgehead atoms. The molecular formula is C14H10N2O3S. The maximum atomic E-state index is 11.0. The summed E-state index contributed by atoms with van der Waals surface area (Å²) in [6.45, 7) is 0. The highest BCUT2D eigenvalue weighted by molar-refractivity contribution is 7.99. The van der Waals surface area contributed by atoms with E-state index in [2.05, 4.69) is 0 Å². The van der Waals surface area contributed by atoms with Crippen molar-refractivity contribution in [3.63, 3.8) is 0 Å². The standard InChI is InChI=1S/C14H10N2O3S/c1-19-11-3-5-12(6-4-11)20-14-8-10(9-15)2-7-13(14)16(17)18/h2-8H,1H3. The van der Waals surface area contributed by atoms with E-state index in [-0.39, 0.29) is 5.69 Å². The van der Waals surface area contributed by atoms with Gasteiger partial charge in [0.05, 0.1) is 28.6 Å². The second kappa shape index (κ2) is 6.08. The summed E-state index contributed by atoms with van der Waals surface area (Å²) in [5.74, 6) is 0.717. The Morgan fingerprint density at radius 1 is 1.25 bits per heavy atom. The fourth-order valence-electron chi connectivity index (χ4n) is 1.59. The molecule has 0 N–H and O–H groups in total. The highest BCUT2D eigenvalue weighted by Crippen LogP contribution is 2.35. The Hall–Kier alpha value is -2.52. The molecule has 0 radical (unpaired) electrons. The van der Waals surface area contributed by atoms with Crippen molar-refractivity contribution >= 4 is 17.4 Å². The van der Waals surface area contributed by atoms with Crippen LogP contribution in [0, 0.1) is 21.4 Å². The zero-order chi connectivity index (χ0) is 14.5. The molecule has 2 aromatic rings. The highest BCUT2D eigenvalue weighted by atomic mass is 32.2. The van der Waals surface area contributed by atoms with Gasteiger partial charge >= 0.3 is 0 Å². The Morgan fingerprint density at radius 3 is 2.50 bits per heavy atom. The fourth-order valence-corrected chi connectivity index (χ4v) is 2.55. The number of ether oxygens (including phenoxy) is 1. The Balaban J connectivity index is 2.35. The Kier molecular flexibility index (Phi) is 4.23. The van der Waals surface area contributed by atoms with E-state index in [9.17, 15) is 10.1 Å². The molecule has 0 heterocycles. The van der Waals surface area contributed by atoms with Crippen LogP contribution in [0.3, 0.4) is 0 Å². The highest BCUT2D eigenvalue weighted by Gasteiger charge is 2.15. The molecular weight excluding hydrogens is 276 g/mol. The van der Waals surface area contributed by atoms with Gasteiger partial charge in [-0.1, -0.05) is 11.8 Å². The van der Waals surface area contributed by atoms with Gasteiger partial charge in [-0.15, -0.1) is 0 Å². The molecule has 20 heavy (non-hydrogen) atoms. The maximum absolute atomic E-state index is 11.0. The van der Waals surface area contributed by atoms with Crippen molar-refractivity contribution in [3.05, 3.63) is 58.1 Å². The van der Waals surface area contributed by atoms with E-state index < -0.39 is 4.92 Å². The lowest BCUT2D eigenvalue weighted by atomic mass is 10.2. The summed E-state index contributed by atoms with van der Waals surface area (Å²) in [6, 6.07) is 13.5. The number of rotatable bonds is 4. The van der Waals surface area contributed by atoms with Gasteiger partial charge in [0, 0.05) is 11.0 Å². The molecule has 0 saturated heterocycles. The molecule has 5 nitrogen and oxygen atoms in total. The average Bonchev–Trinajstić information content (AvgIpc) is 2.47. The SMILES string of the molecule is COc1ccc(Sc2cc(C#N)ccc2[N+](=O)[O-])cc1. The number of nitriles is 1. The number of methoxy groups -OCH3 is 1. The molecule has 0 amide bonds. The predicted molar refractivity (Wildman–Crippen MR) is 74.9 cm³/mol. The molecule has 0 fully saturated rings. The number of nitro groups is 1. The lowest BCUT2D eigenvalue weighted by Gasteiger charge is -2.05. The third kappa shape index (κ3) is 3.08. The normalized spacial score (nSPS) is 9.80. The first kappa shape index (κ1) is 13.9. The summed E-state index contributed by atoms with van der Waals surface area (Å²) in [5, 5.41) is 19.9. The van der Waals surface area contributed by atoms with Crippen molar-refractivity contribution in [2.24, 2.45) is 0 Å². The Labute approximate surface area is 120 Å². The van der Waals surface area contributed by atoms with Gasteiger partial charge < -0.3 is 4.74 Å². The minimum Gasteiger partial charge on any atom is -0.497 e. The minimum atomic E-state index is -0.451. The zero-order valence-corrected chi connectivity index (χ0v) is 11.4. The summed E-state index contributed by atoms with van der Waals surface area (Å²) in [5.41, 5.74) is 0.386. The molecule has 2 aromatic carbocycles. The molecule has 0 aliphatic carbocycles. The Bertz CT molecular complexity index is 678. The molecule has 0 spiro atoms. The van der Waals surface area contributed by atoms with Crippen molar-refractivity contribution in [2.75, 3.05) is 7.11 Å². The van der Waals surface area contributed by atoms with Gasteiger partial charge in [0.1, 0.15) is 5.75 Å². The van der Waals surface area contributed by atoms with Crippen LogP contribution in [0.15, 0.2) is 52.3 Å². The molecule has 0 aliphatic heterocycles. The van der Waals surface area contributed by atoms with E-state index in [1.54, 1.807) is 19.2 Å². The van der Waals surface area contributed by atoms with Gasteiger partial charge in [-0.25, -0.2) is 0 Å². The van der Waals surface area contributed by atoms with E-state index in [0.29, 0.717) is 10.5 Å². The molecule has 0 aliphatic rings. The first-order chi connectivity index (χ1) is 9.63. The summed E-state index contributed by atoms with van der Waals surface area (Å²) in [7, 11) is 1.57. The van der Waals surface area contributed by atoms with Crippen LogP contribution in [0.25, 0.3) is 0 Å². The second-order valence-corrected chi connectivity index (χ2v) is 4.94. The van der Waals surface area contributed by atoms with E-state index in [0.717, 1.165) is 10.6 Å². The smallest absolute Gasteiger partial charge is 0.283 e. The van der Waals surface area contributed by atoms with Crippen LogP contribution in [0.1, 0.15) is 5.56 Å². The van der Waals surface area contributed by atoms with E-state index >= 15 is 0 Å². The van der Waals surface area contributed by atoms with Crippen LogP contribution in [0.2, 0.25) is 0 Å². The molecule has 2 rings (SSSR count). The van der Waals surface area contributed by atoms with Crippen LogP contribution in [-0.4, -0.2) is 12.0 Å². The lowest BCUT2D eigenvalue weighted by molar-refractivity contribution is -0.387. The fraction of sp³-hybridized carbons (Fsp3) is 0.0714. The first-order valence-corrected chi connectivity index (χ1v) is 6.46. The van der Waals surface area contributed by atoms with Gasteiger partial charge in [-0.3, -0.25) is 10.1 Å². The topological polar surface area (TPSA) is 76.2 Å². The van der Waals surface area contributed by atoms with Crippen LogP contribution < -0.4 is 4.74 Å². The van der Waals surface area contributed by atoms with Crippen molar-refractivity contribution in [2.45, 2.75) is 9.79 Å². The summed E-state index contributed by atoms with van der Waals surface area (Å²) < 4.78 is 5.06. The minimum absolute atomic E-state index is 0.00943. The second-order valence-electron chi connectivity index (χ2n) is 3.83. The van der Waals surface area contributed by atoms with Gasteiger partial charge in [0.15, 0.2) is 0 Å². The third-order valence-electron chi connectivity index (χ3n) is 2.57. The average molecular weight is 286 g/mol. The molecule has 0 saturated carbocycles. The van der Waals surface area contributed by atoms with Crippen molar-refractivity contribution in [3.8, 4) is 11.8 Å². The number of hydrogen-bond acceptors (Lipinski definition) is 5. The largest absolute Gasteiger partial charge is 0.497 e. The molecule has 100 valence electrons. The van der Waals surface area contributed by atoms with Gasteiger partial charge in [-0.05, 0) is 36.4 Å². The molecule has 0 unspecified atom stereocenters. The summed E-state index contributed by atoms with van der Waals surface area (Å²) in [4.78, 5) is 11.8. The van der Waals surface area contributed by atoms with Crippen LogP contribution in [-0.2, 0) is 0 Å². The number of nitrogens with zero attached hydrogens (tertiary/aromatic N) is 2. The lowest BCUT2D eigenvalue weighted by Crippen LogP contribution is -1.91. The molecule has 0 aromatic heterocycles. The van der Waals surface area contributed by atoms with E-state index in [4.69, 9.17) is 10.00 Å². The van der Waals surface area contributed by atoms with Crippen LogP contribution in [0.5, 0.6) is 5.75 Å². The van der Waals surface area contributed by atoms with E-state index in [1.807, 2.05) is 18.2 Å². The van der Waals surface area contributed by atoms with Crippen LogP contribution in [0.4, 0.5) is 5.69 Å². The number of nitro benzene ring substituents is 1. The quantitative estimate of drug-likeness (QED) is 0.633. The van der Waals surface area contributed by atoms with E-state index in [1.165, 1.54) is 30.0 Å². The summed E-state index contributed by atoms with van der Waals surface area (Å²) >= 11 is 1.24. The van der Waals surface area contributed by atoms with Gasteiger partial charge in [0.25, 0.3) is 5.69 Å². The maximum Gasteiger partial charge on any atom is 0.283 e. The molecule has 6 heteroatoms. The monoisotopic (exact) mass is 286 g/mol. The summed E-state index contributed by atoms with van der Waals surface area (Å²) in [6.07, 6.45) is 0. The predicted octanol–water partition coefficient (Wildman–Crippen LogP) is 3.63.